The van der Waals surface area contributed by atoms with E-state index < -0.39 is 6.10 Å². The maximum Gasteiger partial charge on any atom is 0.306 e. The minimum Gasteiger partial charge on any atom is -0.462 e. The molecule has 6 heteroatoms. The second-order valence-corrected chi connectivity index (χ2v) is 20.3. The van der Waals surface area contributed by atoms with E-state index in [1.807, 2.05) is 0 Å². The van der Waals surface area contributed by atoms with Crippen LogP contribution >= 0.6 is 0 Å². The first-order valence-electron chi connectivity index (χ1n) is 29.5. The molecule has 0 saturated carbocycles. The molecule has 0 aliphatic heterocycles. The fourth-order valence-corrected chi connectivity index (χ4v) is 9.15. The predicted molar refractivity (Wildman–Crippen MR) is 280 cm³/mol. The van der Waals surface area contributed by atoms with Crippen LogP contribution in [0.5, 0.6) is 0 Å². The summed E-state index contributed by atoms with van der Waals surface area (Å²) >= 11 is 0. The molecule has 0 heterocycles. The third-order valence-corrected chi connectivity index (χ3v) is 13.6. The van der Waals surface area contributed by atoms with Crippen LogP contribution in [0, 0.1) is 0 Å². The van der Waals surface area contributed by atoms with E-state index >= 15 is 0 Å². The van der Waals surface area contributed by atoms with Crippen LogP contribution in [-0.4, -0.2) is 37.2 Å². The van der Waals surface area contributed by atoms with Gasteiger partial charge in [0.15, 0.2) is 6.10 Å². The number of ether oxygens (including phenoxy) is 3. The largest absolute Gasteiger partial charge is 0.462 e. The molecule has 0 aromatic heterocycles. The van der Waals surface area contributed by atoms with E-state index in [-0.39, 0.29) is 31.1 Å². The second-order valence-electron chi connectivity index (χ2n) is 20.3. The summed E-state index contributed by atoms with van der Waals surface area (Å²) in [5, 5.41) is 0. The predicted octanol–water partition coefficient (Wildman–Crippen LogP) is 19.5. The molecule has 0 unspecified atom stereocenters. The summed E-state index contributed by atoms with van der Waals surface area (Å²) in [6.07, 6.45) is 60.9. The lowest BCUT2D eigenvalue weighted by atomic mass is 10.0. The molecular formula is C59H114O6. The summed E-state index contributed by atoms with van der Waals surface area (Å²) in [4.78, 5) is 38.1. The van der Waals surface area contributed by atoms with Crippen molar-refractivity contribution in [3.63, 3.8) is 0 Å². The fourth-order valence-electron chi connectivity index (χ4n) is 9.15. The van der Waals surface area contributed by atoms with Gasteiger partial charge in [0.1, 0.15) is 13.2 Å². The van der Waals surface area contributed by atoms with Crippen molar-refractivity contribution in [1.82, 2.24) is 0 Å². The molecule has 0 aliphatic rings. The summed E-state index contributed by atoms with van der Waals surface area (Å²) in [7, 11) is 0. The van der Waals surface area contributed by atoms with Gasteiger partial charge >= 0.3 is 17.9 Å². The highest BCUT2D eigenvalue weighted by Gasteiger charge is 2.19. The molecule has 0 saturated heterocycles. The highest BCUT2D eigenvalue weighted by molar-refractivity contribution is 5.71. The van der Waals surface area contributed by atoms with Crippen LogP contribution in [0.25, 0.3) is 0 Å². The molecule has 65 heavy (non-hydrogen) atoms. The van der Waals surface area contributed by atoms with E-state index in [2.05, 4.69) is 20.8 Å². The maximum absolute atomic E-state index is 12.9. The number of unbranched alkanes of at least 4 members (excludes halogenated alkanes) is 44. The third kappa shape index (κ3) is 53.2. The summed E-state index contributed by atoms with van der Waals surface area (Å²) in [6.45, 7) is 6.71. The van der Waals surface area contributed by atoms with Crippen molar-refractivity contribution in [3.05, 3.63) is 0 Å². The first kappa shape index (κ1) is 63.4. The maximum atomic E-state index is 12.9. The van der Waals surface area contributed by atoms with Gasteiger partial charge in [-0.15, -0.1) is 0 Å². The number of carbonyl (C=O) groups is 3. The zero-order valence-corrected chi connectivity index (χ0v) is 44.3. The first-order chi connectivity index (χ1) is 32.0. The van der Waals surface area contributed by atoms with Gasteiger partial charge in [0.2, 0.25) is 0 Å². The lowest BCUT2D eigenvalue weighted by Crippen LogP contribution is -2.30. The Hall–Kier alpha value is -1.59. The minimum atomic E-state index is -0.761. The Morgan fingerprint density at radius 1 is 0.246 bits per heavy atom. The molecule has 0 fully saturated rings. The highest BCUT2D eigenvalue weighted by Crippen LogP contribution is 2.18. The normalized spacial score (nSPS) is 11.9. The van der Waals surface area contributed by atoms with Crippen LogP contribution in [0.1, 0.15) is 342 Å². The Morgan fingerprint density at radius 2 is 0.415 bits per heavy atom. The lowest BCUT2D eigenvalue weighted by molar-refractivity contribution is -0.167. The SMILES string of the molecule is CCCCCCCCCCCCCCCCCCCCC(=O)OC[C@@H](COC(=O)CCCCCCCCCCCCCC)OC(=O)CCCCCCCCCCCCCCCCCCC. The van der Waals surface area contributed by atoms with Gasteiger partial charge in [-0.05, 0) is 19.3 Å². The van der Waals surface area contributed by atoms with Crippen LogP contribution in [0.15, 0.2) is 0 Å². The standard InChI is InChI=1S/C59H114O6/c1-4-7-10-13-16-19-22-25-27-29-31-32-34-37-40-43-46-49-52-58(61)64-55-56(54-63-57(60)51-48-45-42-39-36-24-21-18-15-12-9-6-3)65-59(62)53-50-47-44-41-38-35-33-30-28-26-23-20-17-14-11-8-5-2/h56H,4-55H2,1-3H3/t56-/m1/s1. The Balaban J connectivity index is 4.26. The van der Waals surface area contributed by atoms with Crippen LogP contribution in [0.4, 0.5) is 0 Å². The molecular weight excluding hydrogens is 805 g/mol. The van der Waals surface area contributed by atoms with E-state index in [4.69, 9.17) is 14.2 Å². The van der Waals surface area contributed by atoms with Crippen LogP contribution in [0.2, 0.25) is 0 Å². The van der Waals surface area contributed by atoms with Crippen molar-refractivity contribution in [2.24, 2.45) is 0 Å². The summed E-state index contributed by atoms with van der Waals surface area (Å²) in [6, 6.07) is 0. The van der Waals surface area contributed by atoms with E-state index in [1.54, 1.807) is 0 Å². The van der Waals surface area contributed by atoms with Crippen molar-refractivity contribution >= 4 is 17.9 Å². The van der Waals surface area contributed by atoms with E-state index in [1.165, 1.54) is 244 Å². The van der Waals surface area contributed by atoms with Crippen molar-refractivity contribution in [2.75, 3.05) is 13.2 Å². The molecule has 0 rings (SSSR count). The third-order valence-electron chi connectivity index (χ3n) is 13.6. The number of carbonyl (C=O) groups excluding carboxylic acids is 3. The topological polar surface area (TPSA) is 78.9 Å². The Morgan fingerprint density at radius 3 is 0.615 bits per heavy atom. The van der Waals surface area contributed by atoms with Gasteiger partial charge in [-0.2, -0.15) is 0 Å². The smallest absolute Gasteiger partial charge is 0.306 e. The fraction of sp³-hybridized carbons (Fsp3) is 0.949. The molecule has 1 atom stereocenters. The molecule has 0 aromatic carbocycles. The second kappa shape index (κ2) is 55.0. The van der Waals surface area contributed by atoms with Crippen LogP contribution in [-0.2, 0) is 28.6 Å². The molecule has 0 amide bonds. The van der Waals surface area contributed by atoms with Crippen molar-refractivity contribution in [3.8, 4) is 0 Å². The Labute approximate surface area is 406 Å². The van der Waals surface area contributed by atoms with Gasteiger partial charge in [-0.1, -0.05) is 303 Å². The van der Waals surface area contributed by atoms with Gasteiger partial charge in [-0.3, -0.25) is 14.4 Å². The first-order valence-corrected chi connectivity index (χ1v) is 29.5. The molecule has 0 spiro atoms. The van der Waals surface area contributed by atoms with Gasteiger partial charge in [-0.25, -0.2) is 0 Å². The average Bonchev–Trinajstić information content (AvgIpc) is 3.30. The van der Waals surface area contributed by atoms with Gasteiger partial charge < -0.3 is 14.2 Å². The number of esters is 3. The zero-order valence-electron chi connectivity index (χ0n) is 44.3. The van der Waals surface area contributed by atoms with Crippen molar-refractivity contribution < 1.29 is 28.6 Å². The molecule has 0 N–H and O–H groups in total. The number of hydrogen-bond donors (Lipinski definition) is 0. The van der Waals surface area contributed by atoms with E-state index in [9.17, 15) is 14.4 Å². The summed E-state index contributed by atoms with van der Waals surface area (Å²) in [5.74, 6) is -0.831. The number of hydrogen-bond acceptors (Lipinski definition) is 6. The van der Waals surface area contributed by atoms with Gasteiger partial charge in [0, 0.05) is 19.3 Å². The Kier molecular flexibility index (Phi) is 53.7. The quantitative estimate of drug-likeness (QED) is 0.0344. The summed E-state index contributed by atoms with van der Waals surface area (Å²) < 4.78 is 16.9. The van der Waals surface area contributed by atoms with E-state index in [0.29, 0.717) is 19.3 Å². The molecule has 386 valence electrons. The Bertz CT molecular complexity index is 967. The minimum absolute atomic E-state index is 0.0610. The van der Waals surface area contributed by atoms with Crippen LogP contribution < -0.4 is 0 Å². The van der Waals surface area contributed by atoms with Crippen molar-refractivity contribution in [1.29, 1.82) is 0 Å². The number of rotatable bonds is 55. The molecule has 6 nitrogen and oxygen atoms in total. The van der Waals surface area contributed by atoms with Crippen molar-refractivity contribution in [2.45, 2.75) is 348 Å². The zero-order chi connectivity index (χ0) is 47.2. The molecule has 0 radical (unpaired) electrons. The van der Waals surface area contributed by atoms with Crippen LogP contribution in [0.3, 0.4) is 0 Å². The summed E-state index contributed by atoms with van der Waals surface area (Å²) in [5.41, 5.74) is 0. The molecule has 0 bridgehead atoms. The lowest BCUT2D eigenvalue weighted by Gasteiger charge is -2.18. The van der Waals surface area contributed by atoms with Gasteiger partial charge in [0.25, 0.3) is 0 Å². The van der Waals surface area contributed by atoms with E-state index in [0.717, 1.165) is 57.8 Å². The molecule has 0 aromatic rings. The average molecular weight is 920 g/mol. The molecule has 0 aliphatic carbocycles. The highest BCUT2D eigenvalue weighted by atomic mass is 16.6. The van der Waals surface area contributed by atoms with Gasteiger partial charge in [0.05, 0.1) is 0 Å². The monoisotopic (exact) mass is 919 g/mol.